The highest BCUT2D eigenvalue weighted by atomic mass is 35.5. The molecule has 0 bridgehead atoms. The predicted molar refractivity (Wildman–Crippen MR) is 401 cm³/mol. The van der Waals surface area contributed by atoms with Crippen molar-refractivity contribution in [2.24, 2.45) is 17.6 Å². The van der Waals surface area contributed by atoms with Gasteiger partial charge in [0, 0.05) is 138 Å². The van der Waals surface area contributed by atoms with E-state index in [4.69, 9.17) is 80.8 Å². The molecule has 6 amide bonds. The fourth-order valence-corrected chi connectivity index (χ4v) is 14.0. The quantitative estimate of drug-likeness (QED) is 0.0157. The van der Waals surface area contributed by atoms with Crippen LogP contribution in [0.5, 0.6) is 11.5 Å². The summed E-state index contributed by atoms with van der Waals surface area (Å²) >= 11 is 14.2. The predicted octanol–water partition coefficient (Wildman–Crippen LogP) is 10.1. The molecule has 5 atom stereocenters. The second-order valence-electron chi connectivity index (χ2n) is 25.4. The summed E-state index contributed by atoms with van der Waals surface area (Å²) in [7, 11) is -1.03. The van der Waals surface area contributed by atoms with Gasteiger partial charge >= 0.3 is 19.8 Å². The summed E-state index contributed by atoms with van der Waals surface area (Å²) in [6, 6.07) is 26.9. The van der Waals surface area contributed by atoms with Crippen molar-refractivity contribution in [3.63, 3.8) is 0 Å². The molecular weight excluding hydrogens is 1440 g/mol. The number of carbonyl (C=O) groups excluding carboxylic acids is 7. The van der Waals surface area contributed by atoms with E-state index in [-0.39, 0.29) is 148 Å². The van der Waals surface area contributed by atoms with E-state index >= 15 is 0 Å². The molecule has 2 aliphatic rings. The molecular formula is C74H96Cl2N7O20PS. The molecule has 1 aromatic heterocycles. The topological polar surface area (TPSA) is 321 Å². The van der Waals surface area contributed by atoms with Crippen LogP contribution in [0.4, 0.5) is 26.7 Å². The van der Waals surface area contributed by atoms with Gasteiger partial charge in [-0.3, -0.25) is 24.0 Å². The summed E-state index contributed by atoms with van der Waals surface area (Å²) in [4.78, 5) is 114. The highest BCUT2D eigenvalue weighted by molar-refractivity contribution is 7.52. The van der Waals surface area contributed by atoms with Gasteiger partial charge in [0.1, 0.15) is 18.1 Å². The van der Waals surface area contributed by atoms with Gasteiger partial charge in [0.05, 0.1) is 120 Å². The molecule has 5 N–H and O–H groups in total. The number of benzene rings is 5. The van der Waals surface area contributed by atoms with E-state index in [0.717, 1.165) is 34.5 Å². The molecule has 0 saturated carbocycles. The van der Waals surface area contributed by atoms with Crippen molar-refractivity contribution in [1.29, 1.82) is 0 Å². The number of nitrogens with zero attached hydrogens (tertiary/aromatic N) is 4. The van der Waals surface area contributed by atoms with E-state index in [1.807, 2.05) is 50.2 Å². The van der Waals surface area contributed by atoms with Crippen LogP contribution in [-0.4, -0.2) is 233 Å². The number of Topliss-reactive ketones (excluding diaryl/α,β-unsaturated/α-hetero) is 1. The molecule has 8 rings (SSSR count). The van der Waals surface area contributed by atoms with Crippen LogP contribution in [0.2, 0.25) is 0 Å². The Morgan fingerprint density at radius 3 is 1.53 bits per heavy atom. The Bertz CT molecular complexity index is 3920. The monoisotopic (exact) mass is 1540 g/mol. The Labute approximate surface area is 625 Å². The number of thiophene rings is 1. The van der Waals surface area contributed by atoms with Crippen molar-refractivity contribution in [2.75, 3.05) is 186 Å². The third-order valence-electron chi connectivity index (χ3n) is 17.4. The Morgan fingerprint density at radius 1 is 0.610 bits per heavy atom. The number of amides is 6. The first kappa shape index (κ1) is 83.3. The van der Waals surface area contributed by atoms with Crippen LogP contribution in [0.3, 0.4) is 0 Å². The van der Waals surface area contributed by atoms with Gasteiger partial charge in [0.2, 0.25) is 11.8 Å². The molecule has 0 spiro atoms. The maximum atomic E-state index is 14.8. The lowest BCUT2D eigenvalue weighted by atomic mass is 9.92. The molecule has 0 radical (unpaired) electrons. The fourth-order valence-electron chi connectivity index (χ4n) is 12.1. The van der Waals surface area contributed by atoms with Crippen LogP contribution in [0.1, 0.15) is 81.5 Å². The molecule has 5 aromatic carbocycles. The Balaban J connectivity index is 0.808. The standard InChI is InChI=1S/C74H96Cl2N7O20PS/c1-49(2)69(79-66(85)21-27-95-31-33-97-35-37-99-39-40-100-38-36-98-34-32-96-28-22-77)61(84)41-50(3)70(86)78-54-17-15-51(16-18-54)48-101-73(89)80(25-29-93-4)23-24-81(26-30-94-5)74(90)102-62-42-59-67(57-13-9-7-11-55(57)62)52(44-75)46-82(59)71(87)64-19-20-65(105-64)72(88)83-47-53(45-76)68-58-14-10-8-12-56(58)63(43-60(68)83)103-104(6,91)92/h7-20,42-43,49-50,52-53,69H,21-41,44-48,77H2,1-6H3,(H,78,86)(H,79,85)(H,91,92). The number of nitrogens with one attached hydrogen (secondary N) is 2. The lowest BCUT2D eigenvalue weighted by Crippen LogP contribution is -2.45. The Morgan fingerprint density at radius 2 is 1.07 bits per heavy atom. The number of carbonyl (C=O) groups is 7. The molecule has 5 unspecified atom stereocenters. The number of ether oxygens (including phenoxy) is 10. The molecule has 31 heteroatoms. The number of rotatable bonds is 45. The largest absolute Gasteiger partial charge is 0.445 e. The minimum Gasteiger partial charge on any atom is -0.445 e. The summed E-state index contributed by atoms with van der Waals surface area (Å²) < 4.78 is 73.6. The third kappa shape index (κ3) is 24.1. The maximum Gasteiger partial charge on any atom is 0.415 e. The summed E-state index contributed by atoms with van der Waals surface area (Å²) in [5, 5.41) is 8.28. The highest BCUT2D eigenvalue weighted by Gasteiger charge is 2.39. The number of anilines is 3. The number of hydrogen-bond acceptors (Lipinski definition) is 21. The van der Waals surface area contributed by atoms with E-state index in [1.54, 1.807) is 77.4 Å². The third-order valence-corrected chi connectivity index (χ3v) is 19.7. The maximum absolute atomic E-state index is 14.8. The van der Waals surface area contributed by atoms with Crippen molar-refractivity contribution in [1.82, 2.24) is 15.1 Å². The van der Waals surface area contributed by atoms with Crippen LogP contribution < -0.4 is 35.4 Å². The number of methoxy groups -OCH3 is 2. The van der Waals surface area contributed by atoms with E-state index in [2.05, 4.69) is 10.6 Å². The van der Waals surface area contributed by atoms with Gasteiger partial charge in [-0.2, -0.15) is 0 Å². The van der Waals surface area contributed by atoms with E-state index in [0.29, 0.717) is 111 Å². The summed E-state index contributed by atoms with van der Waals surface area (Å²) in [6.45, 7) is 12.2. The number of halogens is 2. The van der Waals surface area contributed by atoms with Gasteiger partial charge in [-0.05, 0) is 57.6 Å². The van der Waals surface area contributed by atoms with Gasteiger partial charge < -0.3 is 92.8 Å². The first-order chi connectivity index (χ1) is 50.7. The Kier molecular flexibility index (Phi) is 33.5. The minimum atomic E-state index is -4.01. The summed E-state index contributed by atoms with van der Waals surface area (Å²) in [6.07, 6.45) is -1.55. The van der Waals surface area contributed by atoms with Gasteiger partial charge in [0.15, 0.2) is 5.78 Å². The molecule has 3 heterocycles. The van der Waals surface area contributed by atoms with E-state index < -0.39 is 49.5 Å². The molecule has 6 aromatic rings. The molecule has 105 heavy (non-hydrogen) atoms. The summed E-state index contributed by atoms with van der Waals surface area (Å²) in [5.74, 6) is -2.80. The number of alkyl halides is 2. The zero-order valence-electron chi connectivity index (χ0n) is 60.2. The van der Waals surface area contributed by atoms with Crippen LogP contribution in [0.25, 0.3) is 21.5 Å². The van der Waals surface area contributed by atoms with Crippen LogP contribution in [-0.2, 0) is 68.2 Å². The molecule has 0 aliphatic carbocycles. The lowest BCUT2D eigenvalue weighted by Gasteiger charge is -2.27. The zero-order chi connectivity index (χ0) is 75.4. The zero-order valence-corrected chi connectivity index (χ0v) is 63.4. The fraction of sp³-hybridized carbons (Fsp3) is 0.500. The van der Waals surface area contributed by atoms with Crippen molar-refractivity contribution < 1.29 is 94.9 Å². The normalized spacial score (nSPS) is 15.1. The second-order valence-corrected chi connectivity index (χ2v) is 28.9. The van der Waals surface area contributed by atoms with E-state index in [1.165, 1.54) is 24.0 Å². The van der Waals surface area contributed by atoms with Gasteiger partial charge in [-0.25, -0.2) is 14.2 Å². The molecule has 0 fully saturated rings. The van der Waals surface area contributed by atoms with Crippen LogP contribution in [0, 0.1) is 11.8 Å². The molecule has 27 nitrogen and oxygen atoms in total. The first-order valence-electron chi connectivity index (χ1n) is 34.9. The van der Waals surface area contributed by atoms with Gasteiger partial charge in [-0.15, -0.1) is 34.5 Å². The number of fused-ring (bicyclic) bond motifs is 6. The second kappa shape index (κ2) is 42.2. The number of hydrogen-bond donors (Lipinski definition) is 4. The summed E-state index contributed by atoms with van der Waals surface area (Å²) in [5.41, 5.74) is 8.95. The Hall–Kier alpha value is -7.38. The average molecular weight is 1540 g/mol. The molecule has 2 aliphatic heterocycles. The van der Waals surface area contributed by atoms with Gasteiger partial charge in [-0.1, -0.05) is 81.4 Å². The average Bonchev–Trinajstić information content (AvgIpc) is 1.62. The van der Waals surface area contributed by atoms with E-state index in [9.17, 15) is 43.0 Å². The van der Waals surface area contributed by atoms with Crippen molar-refractivity contribution in [3.8, 4) is 11.5 Å². The highest BCUT2D eigenvalue weighted by Crippen LogP contribution is 2.51. The first-order valence-corrected chi connectivity index (χ1v) is 38.8. The van der Waals surface area contributed by atoms with Crippen LogP contribution in [0.15, 0.2) is 97.1 Å². The molecule has 0 saturated heterocycles. The number of ketones is 1. The van der Waals surface area contributed by atoms with Gasteiger partial charge in [0.25, 0.3) is 11.8 Å². The smallest absolute Gasteiger partial charge is 0.415 e. The van der Waals surface area contributed by atoms with Crippen molar-refractivity contribution in [2.45, 2.75) is 58.1 Å². The van der Waals surface area contributed by atoms with Crippen molar-refractivity contribution >= 4 is 122 Å². The molecule has 572 valence electrons. The lowest BCUT2D eigenvalue weighted by molar-refractivity contribution is -0.131. The number of nitrogens with two attached hydrogens (primary N) is 1. The minimum absolute atomic E-state index is 0.00302. The SMILES string of the molecule is COCCN(CCN(CCOC)C(=O)Oc1cc2c(c3ccccc13)C(CCl)CN2C(=O)c1ccc(C(=O)N2CC(CCl)c3c2cc(OP(C)(=O)O)c2ccccc32)s1)C(=O)OCc1ccc(NC(=O)C(C)CC(=O)C(NC(=O)CCOCCOCCOCCOCCOCCOCCN)C(C)C)cc1. The van der Waals surface area contributed by atoms with Crippen LogP contribution >= 0.6 is 42.1 Å². The van der Waals surface area contributed by atoms with Crippen molar-refractivity contribution in [3.05, 3.63) is 124 Å².